The summed E-state index contributed by atoms with van der Waals surface area (Å²) in [4.78, 5) is 10.6. The average molecular weight is 678 g/mol. The fraction of sp³-hybridized carbons (Fsp3) is 0.278. The molecule has 0 atom stereocenters. The van der Waals surface area contributed by atoms with Crippen LogP contribution in [-0.2, 0) is 19.3 Å². The van der Waals surface area contributed by atoms with E-state index in [9.17, 15) is 18.1 Å². The summed E-state index contributed by atoms with van der Waals surface area (Å²) in [6, 6.07) is 20.7. The number of fused-ring (bicyclic) bond motifs is 5. The van der Waals surface area contributed by atoms with Crippen molar-refractivity contribution in [1.82, 2.24) is 0 Å². The number of anilines is 3. The molecule has 0 radical (unpaired) electrons. The van der Waals surface area contributed by atoms with Crippen molar-refractivity contribution >= 4 is 30.3 Å². The first-order valence-electron chi connectivity index (χ1n) is 16.1. The molecule has 4 heterocycles. The molecule has 0 aliphatic carbocycles. The molecule has 8 nitrogen and oxygen atoms in total. The summed E-state index contributed by atoms with van der Waals surface area (Å²) in [5, 5.41) is 23.8. The lowest BCUT2D eigenvalue weighted by atomic mass is 10.0. The van der Waals surface area contributed by atoms with Crippen LogP contribution >= 0.6 is 0 Å². The molecule has 0 spiro atoms. The number of nitrogens with two attached hydrogens (primary N) is 1. The normalized spacial score (nSPS) is 14.1. The van der Waals surface area contributed by atoms with Crippen LogP contribution in [-0.4, -0.2) is 43.9 Å². The van der Waals surface area contributed by atoms with Gasteiger partial charge < -0.3 is 35.6 Å². The molecule has 0 unspecified atom stereocenters. The number of ether oxygens (including phenoxy) is 1. The Balaban J connectivity index is 0.000000172. The molecule has 6 N–H and O–H groups in total. The number of nitrogen functional groups attached to an aromatic ring is 1. The summed E-state index contributed by atoms with van der Waals surface area (Å²) >= 11 is 0. The first kappa shape index (κ1) is 36.6. The molecule has 258 valence electrons. The minimum atomic E-state index is -3.67. The Hall–Kier alpha value is -5.20. The Labute approximate surface area is 283 Å². The van der Waals surface area contributed by atoms with E-state index in [1.807, 2.05) is 18.2 Å². The zero-order valence-corrected chi connectivity index (χ0v) is 27.1. The van der Waals surface area contributed by atoms with Crippen molar-refractivity contribution in [1.29, 1.82) is 0 Å². The summed E-state index contributed by atoms with van der Waals surface area (Å²) in [7, 11) is -3.67. The Morgan fingerprint density at radius 2 is 1.67 bits per heavy atom. The number of nitrogens with one attached hydrogen (secondary N) is 2. The molecule has 0 saturated carbocycles. The fourth-order valence-corrected chi connectivity index (χ4v) is 6.07. The molecule has 49 heavy (non-hydrogen) atoms. The van der Waals surface area contributed by atoms with Gasteiger partial charge in [-0.3, -0.25) is 12.9 Å². The van der Waals surface area contributed by atoms with E-state index in [4.69, 9.17) is 20.6 Å². The van der Waals surface area contributed by atoms with E-state index >= 15 is 0 Å². The molecule has 4 aromatic rings. The van der Waals surface area contributed by atoms with Crippen LogP contribution in [0.1, 0.15) is 36.0 Å². The Bertz CT molecular complexity index is 1860. The van der Waals surface area contributed by atoms with Crippen molar-refractivity contribution in [2.75, 3.05) is 42.1 Å². The Morgan fingerprint density at radius 3 is 2.41 bits per heavy atom. The molecule has 0 saturated heterocycles. The maximum absolute atomic E-state index is 9.67. The number of nitrogens with zero attached hydrogens (tertiary/aromatic N) is 2. The van der Waals surface area contributed by atoms with E-state index in [1.54, 1.807) is 24.3 Å². The summed E-state index contributed by atoms with van der Waals surface area (Å²) in [5.41, 5.74) is 13.2. The van der Waals surface area contributed by atoms with Gasteiger partial charge in [-0.2, -0.15) is 0 Å². The van der Waals surface area contributed by atoms with Crippen molar-refractivity contribution in [2.45, 2.75) is 38.5 Å². The SMILES string of the molecule is C=CCN1CCCc2ccc(O)cc21.FB(F)F.Nc1cccc(O)c1.[F-].c1c2c(cc3c1N=c1cc4c(cc1O3)=[NH+]CCC4)NCCC2. The number of hydrogen-bond acceptors (Lipinski definition) is 7. The Kier molecular flexibility index (Phi) is 12.9. The summed E-state index contributed by atoms with van der Waals surface area (Å²) in [6.07, 6.45) is 8.80. The van der Waals surface area contributed by atoms with Crippen LogP contribution in [0.4, 0.5) is 35.7 Å². The predicted molar refractivity (Wildman–Crippen MR) is 184 cm³/mol. The van der Waals surface area contributed by atoms with Gasteiger partial charge >= 0.3 is 7.54 Å². The quantitative estimate of drug-likeness (QED) is 0.0845. The minimum absolute atomic E-state index is 0. The second-order valence-electron chi connectivity index (χ2n) is 11.7. The van der Waals surface area contributed by atoms with Crippen LogP contribution in [0.2, 0.25) is 0 Å². The first-order valence-corrected chi connectivity index (χ1v) is 16.1. The van der Waals surface area contributed by atoms with Gasteiger partial charge in [0, 0.05) is 66.9 Å². The third-order valence-corrected chi connectivity index (χ3v) is 8.21. The van der Waals surface area contributed by atoms with Crippen LogP contribution in [0.5, 0.6) is 23.0 Å². The van der Waals surface area contributed by atoms with E-state index in [0.717, 1.165) is 73.7 Å². The molecular formula is C36H40BF4N5O3. The topological polar surface area (TPSA) is 117 Å². The number of rotatable bonds is 2. The third-order valence-electron chi connectivity index (χ3n) is 8.21. The molecule has 4 aliphatic rings. The lowest BCUT2D eigenvalue weighted by molar-refractivity contribution is -0.505. The number of aryl methyl sites for hydroxylation is 3. The smallest absolute Gasteiger partial charge is 0.762 e. The maximum Gasteiger partial charge on any atom is 0.762 e. The molecule has 0 aromatic heterocycles. The van der Waals surface area contributed by atoms with Crippen LogP contribution in [0.3, 0.4) is 0 Å². The van der Waals surface area contributed by atoms with Gasteiger partial charge in [-0.05, 0) is 73.6 Å². The van der Waals surface area contributed by atoms with Crippen LogP contribution in [0.15, 0.2) is 84.4 Å². The average Bonchev–Trinajstić information content (AvgIpc) is 3.06. The second-order valence-corrected chi connectivity index (χ2v) is 11.7. The van der Waals surface area contributed by atoms with E-state index in [1.165, 1.54) is 53.1 Å². The minimum Gasteiger partial charge on any atom is -1.00 e. The van der Waals surface area contributed by atoms with Gasteiger partial charge in [0.25, 0.3) is 0 Å². The highest BCUT2D eigenvalue weighted by atomic mass is 19.4. The van der Waals surface area contributed by atoms with Crippen molar-refractivity contribution in [3.63, 3.8) is 0 Å². The number of benzene rings is 4. The lowest BCUT2D eigenvalue weighted by Crippen LogP contribution is -3.00. The molecule has 4 aliphatic heterocycles. The van der Waals surface area contributed by atoms with Crippen molar-refractivity contribution in [2.24, 2.45) is 4.99 Å². The number of aromatic hydroxyl groups is 2. The highest BCUT2D eigenvalue weighted by Gasteiger charge is 2.20. The van der Waals surface area contributed by atoms with Crippen molar-refractivity contribution in [3.05, 3.63) is 107 Å². The Morgan fingerprint density at radius 1 is 0.918 bits per heavy atom. The molecule has 13 heteroatoms. The predicted octanol–water partition coefficient (Wildman–Crippen LogP) is 1.94. The summed E-state index contributed by atoms with van der Waals surface area (Å²) < 4.78 is 35.1. The van der Waals surface area contributed by atoms with Gasteiger partial charge in [0.05, 0.1) is 6.07 Å². The molecule has 0 amide bonds. The summed E-state index contributed by atoms with van der Waals surface area (Å²) in [5.74, 6) is 2.28. The van der Waals surface area contributed by atoms with Gasteiger partial charge in [0.1, 0.15) is 29.1 Å². The maximum atomic E-state index is 9.67. The van der Waals surface area contributed by atoms with Gasteiger partial charge in [-0.15, -0.1) is 6.58 Å². The zero-order valence-electron chi connectivity index (χ0n) is 27.1. The first-order chi connectivity index (χ1) is 23.2. The van der Waals surface area contributed by atoms with Crippen LogP contribution in [0, 0.1) is 0 Å². The molecule has 0 fully saturated rings. The fourth-order valence-electron chi connectivity index (χ4n) is 6.07. The van der Waals surface area contributed by atoms with E-state index < -0.39 is 7.54 Å². The number of phenolic OH excluding ortho intramolecular Hbond substituents is 2. The molecule has 4 aromatic carbocycles. The van der Waals surface area contributed by atoms with Crippen molar-refractivity contribution in [3.8, 4) is 23.0 Å². The van der Waals surface area contributed by atoms with Gasteiger partial charge in [0.15, 0.2) is 11.5 Å². The van der Waals surface area contributed by atoms with Crippen LogP contribution < -0.4 is 41.1 Å². The van der Waals surface area contributed by atoms with E-state index in [2.05, 4.69) is 46.1 Å². The molecular weight excluding hydrogens is 637 g/mol. The van der Waals surface area contributed by atoms with Gasteiger partial charge in [0.2, 0.25) is 5.36 Å². The van der Waals surface area contributed by atoms with Crippen LogP contribution in [0.25, 0.3) is 0 Å². The van der Waals surface area contributed by atoms with Crippen molar-refractivity contribution < 1.29 is 37.6 Å². The summed E-state index contributed by atoms with van der Waals surface area (Å²) in [6.45, 7) is 7.74. The van der Waals surface area contributed by atoms with Gasteiger partial charge in [-0.25, -0.2) is 9.98 Å². The van der Waals surface area contributed by atoms with Gasteiger partial charge in [-0.1, -0.05) is 18.2 Å². The zero-order chi connectivity index (χ0) is 34.0. The van der Waals surface area contributed by atoms with E-state index in [-0.39, 0.29) is 10.5 Å². The second kappa shape index (κ2) is 17.3. The highest BCUT2D eigenvalue weighted by molar-refractivity contribution is 6.33. The lowest BCUT2D eigenvalue weighted by Gasteiger charge is -2.30. The largest absolute Gasteiger partial charge is 1.00 e. The molecule has 0 bridgehead atoms. The number of hydrogen-bond donors (Lipinski definition) is 5. The number of phenols is 2. The van der Waals surface area contributed by atoms with E-state index in [0.29, 0.717) is 11.4 Å². The number of halogens is 4. The third kappa shape index (κ3) is 9.91. The highest BCUT2D eigenvalue weighted by Crippen LogP contribution is 2.39. The monoisotopic (exact) mass is 677 g/mol. The standard InChI is InChI=1S/C18H17N3O.C12H15NO.C6H7NO.BF3.FH/c1-3-11-7-15-17(9-13(11)19-5-1)22-18-10-14-12(4-2-6-20-14)8-16(18)21-15;1-2-7-13-8-3-4-10-5-6-11(14)9-12(10)13;7-5-2-1-3-6(8)4-5;2-1(3)4;/h7-10,19H,1-6H2;2,5-6,9,14H,1,3-4,7-8H2;1-4,8H,7H2;;1H. The molecule has 8 rings (SSSR count).